The Hall–Kier alpha value is -3.67. The number of morpholine rings is 1. The fourth-order valence-electron chi connectivity index (χ4n) is 6.76. The maximum atomic E-state index is 13.9. The molecule has 1 spiro atoms. The molecule has 0 unspecified atom stereocenters. The summed E-state index contributed by atoms with van der Waals surface area (Å²) < 4.78 is 11.8. The lowest BCUT2D eigenvalue weighted by molar-refractivity contribution is -0.153. The average molecular weight is 612 g/mol. The highest BCUT2D eigenvalue weighted by atomic mass is 16.5. The fourth-order valence-corrected chi connectivity index (χ4v) is 6.76. The van der Waals surface area contributed by atoms with Crippen LogP contribution in [0, 0.1) is 5.92 Å². The van der Waals surface area contributed by atoms with Gasteiger partial charge in [0.05, 0.1) is 12.2 Å². The third-order valence-corrected chi connectivity index (χ3v) is 9.26. The van der Waals surface area contributed by atoms with E-state index in [0.29, 0.717) is 44.8 Å². The van der Waals surface area contributed by atoms with Crippen molar-refractivity contribution in [3.8, 4) is 5.75 Å². The van der Waals surface area contributed by atoms with Crippen LogP contribution in [-0.2, 0) is 35.1 Å². The van der Waals surface area contributed by atoms with Gasteiger partial charge in [0.2, 0.25) is 23.6 Å². The Kier molecular flexibility index (Phi) is 9.77. The summed E-state index contributed by atoms with van der Waals surface area (Å²) in [6.07, 6.45) is 5.26. The number of carbonyl (C=O) groups is 5. The number of hydrogen-bond donors (Lipinski definition) is 3. The van der Waals surface area contributed by atoms with Gasteiger partial charge in [0.1, 0.15) is 29.9 Å². The van der Waals surface area contributed by atoms with Gasteiger partial charge in [-0.1, -0.05) is 38.8 Å². The SMILES string of the molecule is CC(C)[C@@H]1NC(=O)COc2ccc(cc2)C[C@@H](C(=O)N2CCOC3(CCCC3)C2)NC(=O)[C@H](C)NC(=O)[C@H]2CCCN2C1=O. The van der Waals surface area contributed by atoms with Crippen molar-refractivity contribution in [3.05, 3.63) is 29.8 Å². The molecule has 12 heteroatoms. The minimum absolute atomic E-state index is 0.193. The van der Waals surface area contributed by atoms with Crippen molar-refractivity contribution in [2.24, 2.45) is 5.92 Å². The summed E-state index contributed by atoms with van der Waals surface area (Å²) in [5.74, 6) is -1.68. The molecule has 44 heavy (non-hydrogen) atoms. The van der Waals surface area contributed by atoms with Gasteiger partial charge in [0.15, 0.2) is 6.61 Å². The van der Waals surface area contributed by atoms with Crippen LogP contribution in [-0.4, -0.2) is 102 Å². The van der Waals surface area contributed by atoms with E-state index >= 15 is 0 Å². The minimum Gasteiger partial charge on any atom is -0.484 e. The van der Waals surface area contributed by atoms with Gasteiger partial charge in [-0.15, -0.1) is 0 Å². The molecule has 0 aromatic heterocycles. The van der Waals surface area contributed by atoms with Crippen LogP contribution in [0.4, 0.5) is 0 Å². The summed E-state index contributed by atoms with van der Waals surface area (Å²) in [5.41, 5.74) is 0.476. The smallest absolute Gasteiger partial charge is 0.258 e. The summed E-state index contributed by atoms with van der Waals surface area (Å²) in [6, 6.07) is 3.61. The zero-order chi connectivity index (χ0) is 31.4. The van der Waals surface area contributed by atoms with E-state index in [4.69, 9.17) is 9.47 Å². The third-order valence-electron chi connectivity index (χ3n) is 9.26. The fraction of sp³-hybridized carbons (Fsp3) is 0.656. The highest BCUT2D eigenvalue weighted by molar-refractivity contribution is 5.96. The number of rotatable bonds is 2. The van der Waals surface area contributed by atoms with E-state index in [2.05, 4.69) is 16.0 Å². The predicted molar refractivity (Wildman–Crippen MR) is 160 cm³/mol. The first-order chi connectivity index (χ1) is 21.0. The van der Waals surface area contributed by atoms with Crippen molar-refractivity contribution in [2.45, 2.75) is 95.5 Å². The normalized spacial score (nSPS) is 28.5. The summed E-state index contributed by atoms with van der Waals surface area (Å²) in [4.78, 5) is 70.4. The van der Waals surface area contributed by atoms with E-state index in [1.807, 2.05) is 13.8 Å². The van der Waals surface area contributed by atoms with Crippen LogP contribution in [0.25, 0.3) is 0 Å². The molecule has 240 valence electrons. The second-order valence-electron chi connectivity index (χ2n) is 12.9. The first kappa shape index (κ1) is 31.7. The maximum Gasteiger partial charge on any atom is 0.258 e. The van der Waals surface area contributed by atoms with Crippen molar-refractivity contribution >= 4 is 29.5 Å². The third kappa shape index (κ3) is 7.17. The van der Waals surface area contributed by atoms with Gasteiger partial charge in [-0.3, -0.25) is 24.0 Å². The first-order valence-electron chi connectivity index (χ1n) is 15.9. The molecule has 1 aromatic carbocycles. The van der Waals surface area contributed by atoms with Crippen molar-refractivity contribution < 1.29 is 33.4 Å². The molecule has 1 aliphatic carbocycles. The Morgan fingerprint density at radius 3 is 2.39 bits per heavy atom. The maximum absolute atomic E-state index is 13.9. The Labute approximate surface area is 258 Å². The van der Waals surface area contributed by atoms with Crippen LogP contribution in [0.15, 0.2) is 24.3 Å². The lowest BCUT2D eigenvalue weighted by Crippen LogP contribution is -2.60. The van der Waals surface area contributed by atoms with Crippen molar-refractivity contribution in [2.75, 3.05) is 32.8 Å². The van der Waals surface area contributed by atoms with Crippen molar-refractivity contribution in [1.82, 2.24) is 25.8 Å². The van der Waals surface area contributed by atoms with Crippen LogP contribution in [0.3, 0.4) is 0 Å². The summed E-state index contributed by atoms with van der Waals surface area (Å²) >= 11 is 0. The molecule has 4 aliphatic heterocycles. The first-order valence-corrected chi connectivity index (χ1v) is 15.9. The molecule has 2 bridgehead atoms. The second kappa shape index (κ2) is 13.5. The average Bonchev–Trinajstić information content (AvgIpc) is 3.68. The van der Waals surface area contributed by atoms with Crippen molar-refractivity contribution in [3.63, 3.8) is 0 Å². The summed E-state index contributed by atoms with van der Waals surface area (Å²) in [6.45, 7) is 6.70. The molecule has 5 aliphatic rings. The lowest BCUT2D eigenvalue weighted by Gasteiger charge is -2.41. The van der Waals surface area contributed by atoms with E-state index in [0.717, 1.165) is 31.2 Å². The molecule has 5 amide bonds. The Morgan fingerprint density at radius 1 is 0.955 bits per heavy atom. The number of hydrogen-bond acceptors (Lipinski definition) is 7. The molecule has 6 rings (SSSR count). The molecule has 4 heterocycles. The van der Waals surface area contributed by atoms with Gasteiger partial charge in [-0.2, -0.15) is 0 Å². The molecular formula is C32H45N5O7. The van der Waals surface area contributed by atoms with E-state index in [1.165, 1.54) is 4.90 Å². The van der Waals surface area contributed by atoms with E-state index < -0.39 is 41.9 Å². The number of nitrogens with zero attached hydrogens (tertiary/aromatic N) is 2. The zero-order valence-electron chi connectivity index (χ0n) is 25.9. The summed E-state index contributed by atoms with van der Waals surface area (Å²) in [7, 11) is 0. The van der Waals surface area contributed by atoms with Crippen molar-refractivity contribution in [1.29, 1.82) is 0 Å². The number of benzene rings is 1. The van der Waals surface area contributed by atoms with Crippen LogP contribution < -0.4 is 20.7 Å². The number of fused-ring (bicyclic) bond motifs is 13. The summed E-state index contributed by atoms with van der Waals surface area (Å²) in [5, 5.41) is 8.45. The van der Waals surface area contributed by atoms with E-state index in [9.17, 15) is 24.0 Å². The topological polar surface area (TPSA) is 146 Å². The molecule has 12 nitrogen and oxygen atoms in total. The standard InChI is InChI=1S/C32H45N5O7/c1-20(2)27-31(42)37-14-6-7-25(37)29(40)33-21(3)28(39)34-24(17-22-8-10-23(11-9-22)43-18-26(38)35-27)30(41)36-15-16-44-32(19-36)12-4-5-13-32/h8-11,20-21,24-25,27H,4-7,12-19H2,1-3H3,(H,33,40)(H,34,39)(H,35,38)/t21-,24-,25+,27-/m0/s1. The largest absolute Gasteiger partial charge is 0.484 e. The Morgan fingerprint density at radius 2 is 1.68 bits per heavy atom. The molecule has 0 radical (unpaired) electrons. The highest BCUT2D eigenvalue weighted by Gasteiger charge is 2.43. The monoisotopic (exact) mass is 611 g/mol. The number of nitrogens with one attached hydrogen (secondary N) is 3. The highest BCUT2D eigenvalue weighted by Crippen LogP contribution is 2.36. The second-order valence-corrected chi connectivity index (χ2v) is 12.9. The molecule has 3 N–H and O–H groups in total. The Balaban J connectivity index is 1.39. The van der Waals surface area contributed by atoms with Crippen LogP contribution >= 0.6 is 0 Å². The van der Waals surface area contributed by atoms with Gasteiger partial charge >= 0.3 is 0 Å². The number of ether oxygens (including phenoxy) is 2. The van der Waals surface area contributed by atoms with Gasteiger partial charge in [0, 0.05) is 26.1 Å². The van der Waals surface area contributed by atoms with E-state index in [-0.39, 0.29) is 36.4 Å². The lowest BCUT2D eigenvalue weighted by atomic mass is 9.98. The molecule has 1 aromatic rings. The number of amides is 5. The molecule has 4 atom stereocenters. The Bertz CT molecular complexity index is 1250. The zero-order valence-corrected chi connectivity index (χ0v) is 25.9. The predicted octanol–water partition coefficient (Wildman–Crippen LogP) is 0.914. The van der Waals surface area contributed by atoms with Gasteiger partial charge < -0.3 is 35.2 Å². The molecular weight excluding hydrogens is 566 g/mol. The van der Waals surface area contributed by atoms with Crippen LogP contribution in [0.5, 0.6) is 5.75 Å². The molecule has 3 fully saturated rings. The van der Waals surface area contributed by atoms with Crippen LogP contribution in [0.1, 0.15) is 64.9 Å². The molecule has 1 saturated carbocycles. The van der Waals surface area contributed by atoms with Crippen LogP contribution in [0.2, 0.25) is 0 Å². The quantitative estimate of drug-likeness (QED) is 0.451. The van der Waals surface area contributed by atoms with Gasteiger partial charge in [0.25, 0.3) is 5.91 Å². The van der Waals surface area contributed by atoms with Gasteiger partial charge in [-0.25, -0.2) is 0 Å². The minimum atomic E-state index is -0.945. The number of carbonyl (C=O) groups excluding carboxylic acids is 5. The van der Waals surface area contributed by atoms with Gasteiger partial charge in [-0.05, 0) is 56.2 Å². The van der Waals surface area contributed by atoms with E-state index in [1.54, 1.807) is 36.1 Å². The molecule has 2 saturated heterocycles.